The third-order valence-electron chi connectivity index (χ3n) is 6.07. The van der Waals surface area contributed by atoms with Gasteiger partial charge in [0.2, 0.25) is 0 Å². The van der Waals surface area contributed by atoms with Crippen molar-refractivity contribution >= 4 is 49.8 Å². The number of halogens is 1. The summed E-state index contributed by atoms with van der Waals surface area (Å²) in [5, 5.41) is 2.22. The summed E-state index contributed by atoms with van der Waals surface area (Å²) in [6.07, 6.45) is 0. The number of aryl methyl sites for hydroxylation is 1. The Morgan fingerprint density at radius 3 is 2.54 bits per heavy atom. The normalized spacial score (nSPS) is 11.2. The number of aromatic nitrogens is 1. The summed E-state index contributed by atoms with van der Waals surface area (Å²) in [4.78, 5) is 31.9. The lowest BCUT2D eigenvalue weighted by molar-refractivity contribution is 0.0734. The number of rotatable bonds is 6. The Balaban J connectivity index is 1.55. The summed E-state index contributed by atoms with van der Waals surface area (Å²) in [5.41, 5.74) is 3.03. The van der Waals surface area contributed by atoms with Gasteiger partial charge in [0.15, 0.2) is 0 Å². The molecule has 0 saturated carbocycles. The molecule has 2 aromatic heterocycles. The molecular formula is C28H23ClN2O3S. The average molecular weight is 503 g/mol. The van der Waals surface area contributed by atoms with Crippen LogP contribution in [0.1, 0.15) is 26.4 Å². The number of carbonyl (C=O) groups excluding carboxylic acids is 1. The van der Waals surface area contributed by atoms with Crippen molar-refractivity contribution in [1.82, 2.24) is 9.88 Å². The number of H-pyrrole nitrogens is 1. The van der Waals surface area contributed by atoms with E-state index in [-0.39, 0.29) is 18.0 Å². The molecule has 5 nitrogen and oxygen atoms in total. The van der Waals surface area contributed by atoms with Gasteiger partial charge >= 0.3 is 0 Å². The van der Waals surface area contributed by atoms with E-state index in [2.05, 4.69) is 4.98 Å². The van der Waals surface area contributed by atoms with Crippen LogP contribution in [0.2, 0.25) is 5.02 Å². The van der Waals surface area contributed by atoms with Crippen molar-refractivity contribution < 1.29 is 9.53 Å². The van der Waals surface area contributed by atoms with Crippen LogP contribution in [-0.2, 0) is 13.1 Å². The van der Waals surface area contributed by atoms with Crippen molar-refractivity contribution in [1.29, 1.82) is 0 Å². The van der Waals surface area contributed by atoms with E-state index in [9.17, 15) is 9.59 Å². The summed E-state index contributed by atoms with van der Waals surface area (Å²) in [6.45, 7) is 2.42. The lowest BCUT2D eigenvalue weighted by atomic mass is 10.1. The van der Waals surface area contributed by atoms with Crippen LogP contribution in [0.3, 0.4) is 0 Å². The minimum Gasteiger partial charge on any atom is -0.497 e. The summed E-state index contributed by atoms with van der Waals surface area (Å²) >= 11 is 8.01. The highest BCUT2D eigenvalue weighted by Crippen LogP contribution is 2.36. The number of aromatic amines is 1. The van der Waals surface area contributed by atoms with Gasteiger partial charge in [0.05, 0.1) is 24.2 Å². The van der Waals surface area contributed by atoms with Crippen LogP contribution in [0.25, 0.3) is 21.0 Å². The number of nitrogens with zero attached hydrogens (tertiary/aromatic N) is 1. The van der Waals surface area contributed by atoms with Crippen molar-refractivity contribution in [2.45, 2.75) is 20.0 Å². The summed E-state index contributed by atoms with van der Waals surface area (Å²) in [7, 11) is 1.61. The molecule has 1 amide bonds. The maximum atomic E-state index is 13.8. The Labute approximate surface area is 211 Å². The predicted molar refractivity (Wildman–Crippen MR) is 143 cm³/mol. The van der Waals surface area contributed by atoms with Crippen LogP contribution in [-0.4, -0.2) is 22.9 Å². The molecule has 35 heavy (non-hydrogen) atoms. The molecule has 0 aliphatic carbocycles. The number of pyridine rings is 1. The van der Waals surface area contributed by atoms with Gasteiger partial charge in [-0.05, 0) is 47.7 Å². The largest absolute Gasteiger partial charge is 0.497 e. The highest BCUT2D eigenvalue weighted by Gasteiger charge is 2.24. The number of hydrogen-bond acceptors (Lipinski definition) is 4. The van der Waals surface area contributed by atoms with E-state index in [1.165, 1.54) is 11.3 Å². The molecule has 0 fully saturated rings. The molecule has 1 N–H and O–H groups in total. The molecule has 0 atom stereocenters. The van der Waals surface area contributed by atoms with Gasteiger partial charge in [0.25, 0.3) is 11.5 Å². The van der Waals surface area contributed by atoms with Crippen LogP contribution >= 0.6 is 22.9 Å². The van der Waals surface area contributed by atoms with E-state index in [1.807, 2.05) is 79.7 Å². The monoisotopic (exact) mass is 502 g/mol. The number of ether oxygens (including phenoxy) is 1. The second-order valence-corrected chi connectivity index (χ2v) is 9.84. The van der Waals surface area contributed by atoms with E-state index < -0.39 is 0 Å². The molecule has 0 spiro atoms. The van der Waals surface area contributed by atoms with E-state index in [1.54, 1.807) is 12.0 Å². The van der Waals surface area contributed by atoms with Crippen molar-refractivity contribution in [3.63, 3.8) is 0 Å². The first-order chi connectivity index (χ1) is 16.9. The zero-order valence-electron chi connectivity index (χ0n) is 19.3. The number of hydrogen-bond donors (Lipinski definition) is 1. The zero-order chi connectivity index (χ0) is 24.5. The third-order valence-corrected chi connectivity index (χ3v) is 7.74. The molecule has 0 unspecified atom stereocenters. The lowest BCUT2D eigenvalue weighted by Gasteiger charge is -2.23. The van der Waals surface area contributed by atoms with Crippen molar-refractivity contribution in [3.05, 3.63) is 110 Å². The van der Waals surface area contributed by atoms with Crippen molar-refractivity contribution in [3.8, 4) is 5.75 Å². The van der Waals surface area contributed by atoms with Gasteiger partial charge in [-0.1, -0.05) is 60.1 Å². The molecule has 0 saturated heterocycles. The number of methoxy groups -OCH3 is 1. The number of carbonyl (C=O) groups is 1. The molecule has 2 heterocycles. The third kappa shape index (κ3) is 4.55. The fraction of sp³-hybridized carbons (Fsp3) is 0.143. The Morgan fingerprint density at radius 2 is 1.80 bits per heavy atom. The first kappa shape index (κ1) is 23.1. The number of thiophene rings is 1. The predicted octanol–water partition coefficient (Wildman–Crippen LogP) is 6.56. The van der Waals surface area contributed by atoms with Gasteiger partial charge in [-0.15, -0.1) is 11.3 Å². The Hall–Kier alpha value is -3.61. The van der Waals surface area contributed by atoms with Gasteiger partial charge < -0.3 is 14.6 Å². The van der Waals surface area contributed by atoms with Crippen LogP contribution in [0, 0.1) is 6.92 Å². The highest BCUT2D eigenvalue weighted by atomic mass is 35.5. The van der Waals surface area contributed by atoms with Gasteiger partial charge in [-0.2, -0.15) is 0 Å². The Bertz CT molecular complexity index is 1600. The maximum absolute atomic E-state index is 13.8. The summed E-state index contributed by atoms with van der Waals surface area (Å²) in [5.74, 6) is 0.524. The smallest absolute Gasteiger partial charge is 0.266 e. The SMILES string of the molecule is COc1ccc(CN(Cc2cc3cccc(C)c3[nH]c2=O)C(=O)c2sc3ccccc3c2Cl)cc1. The molecule has 5 aromatic rings. The second kappa shape index (κ2) is 9.56. The van der Waals surface area contributed by atoms with Crippen LogP contribution in [0.15, 0.2) is 77.6 Å². The van der Waals surface area contributed by atoms with E-state index >= 15 is 0 Å². The van der Waals surface area contributed by atoms with Crippen LogP contribution < -0.4 is 10.3 Å². The molecule has 5 rings (SSSR count). The van der Waals surface area contributed by atoms with Crippen molar-refractivity contribution in [2.75, 3.05) is 7.11 Å². The van der Waals surface area contributed by atoms with Gasteiger partial charge in [0.1, 0.15) is 10.6 Å². The van der Waals surface area contributed by atoms with E-state index in [0.29, 0.717) is 22.0 Å². The molecule has 0 radical (unpaired) electrons. The molecule has 0 aliphatic heterocycles. The number of para-hydroxylation sites is 1. The van der Waals surface area contributed by atoms with E-state index in [0.717, 1.165) is 37.9 Å². The highest BCUT2D eigenvalue weighted by molar-refractivity contribution is 7.21. The van der Waals surface area contributed by atoms with E-state index in [4.69, 9.17) is 16.3 Å². The molecule has 3 aromatic carbocycles. The quantitative estimate of drug-likeness (QED) is 0.286. The number of amides is 1. The fourth-order valence-corrected chi connectivity index (χ4v) is 5.68. The van der Waals surface area contributed by atoms with Crippen molar-refractivity contribution in [2.24, 2.45) is 0 Å². The Morgan fingerprint density at radius 1 is 1.03 bits per heavy atom. The van der Waals surface area contributed by atoms with Gasteiger partial charge in [-0.25, -0.2) is 0 Å². The molecular weight excluding hydrogens is 480 g/mol. The molecule has 0 bridgehead atoms. The topological polar surface area (TPSA) is 62.4 Å². The summed E-state index contributed by atoms with van der Waals surface area (Å²) in [6, 6.07) is 23.0. The molecule has 176 valence electrons. The average Bonchev–Trinajstić information content (AvgIpc) is 3.21. The van der Waals surface area contributed by atoms with Crippen LogP contribution in [0.4, 0.5) is 0 Å². The zero-order valence-corrected chi connectivity index (χ0v) is 20.9. The summed E-state index contributed by atoms with van der Waals surface area (Å²) < 4.78 is 6.21. The van der Waals surface area contributed by atoms with Crippen LogP contribution in [0.5, 0.6) is 5.75 Å². The lowest BCUT2D eigenvalue weighted by Crippen LogP contribution is -2.32. The number of fused-ring (bicyclic) bond motifs is 2. The standard InChI is InChI=1S/C28H23ClN2O3S/c1-17-6-5-7-19-14-20(27(32)30-25(17)19)16-31(15-18-10-12-21(34-2)13-11-18)28(33)26-24(29)22-8-3-4-9-23(22)35-26/h3-14H,15-16H2,1-2H3,(H,30,32). The number of nitrogens with one attached hydrogen (secondary N) is 1. The first-order valence-electron chi connectivity index (χ1n) is 11.2. The molecule has 7 heteroatoms. The minimum atomic E-state index is -0.212. The second-order valence-electron chi connectivity index (χ2n) is 8.41. The molecule has 0 aliphatic rings. The van der Waals surface area contributed by atoms with Gasteiger partial charge in [0, 0.05) is 22.2 Å². The Kier molecular flexibility index (Phi) is 6.32. The maximum Gasteiger partial charge on any atom is 0.266 e. The van der Waals surface area contributed by atoms with Gasteiger partial charge in [-0.3, -0.25) is 9.59 Å². The fourth-order valence-electron chi connectivity index (χ4n) is 4.20. The number of benzene rings is 3. The minimum absolute atomic E-state index is 0.147. The first-order valence-corrected chi connectivity index (χ1v) is 12.3.